The number of benzene rings is 1. The van der Waals surface area contributed by atoms with Gasteiger partial charge in [0.2, 0.25) is 0 Å². The molecule has 1 N–H and O–H groups in total. The average molecular weight is 190 g/mol. The first-order chi connectivity index (χ1) is 6.52. The number of anilines is 1. The fourth-order valence-electron chi connectivity index (χ4n) is 1.63. The van der Waals surface area contributed by atoms with Gasteiger partial charge in [-0.1, -0.05) is 12.1 Å². The second-order valence-electron chi connectivity index (χ2n) is 4.09. The molecule has 74 valence electrons. The van der Waals surface area contributed by atoms with Crippen LogP contribution in [-0.4, -0.2) is 23.5 Å². The summed E-state index contributed by atoms with van der Waals surface area (Å²) in [5, 5.41) is 3.32. The highest BCUT2D eigenvalue weighted by Crippen LogP contribution is 2.29. The molecule has 0 saturated heterocycles. The summed E-state index contributed by atoms with van der Waals surface area (Å²) < 4.78 is 0. The molecule has 1 aliphatic heterocycles. The fourth-order valence-corrected chi connectivity index (χ4v) is 1.63. The van der Waals surface area contributed by atoms with Crippen molar-refractivity contribution < 1.29 is 4.79 Å². The van der Waals surface area contributed by atoms with Crippen LogP contribution in [0.15, 0.2) is 24.3 Å². The third-order valence-electron chi connectivity index (χ3n) is 2.74. The smallest absolute Gasteiger partial charge is 0.257 e. The van der Waals surface area contributed by atoms with Crippen LogP contribution in [0.2, 0.25) is 0 Å². The van der Waals surface area contributed by atoms with Crippen molar-refractivity contribution in [3.8, 4) is 0 Å². The van der Waals surface area contributed by atoms with Gasteiger partial charge in [0.1, 0.15) is 5.66 Å². The van der Waals surface area contributed by atoms with Crippen molar-refractivity contribution in [2.24, 2.45) is 0 Å². The predicted molar refractivity (Wildman–Crippen MR) is 56.2 cm³/mol. The Labute approximate surface area is 83.7 Å². The first-order valence-electron chi connectivity index (χ1n) is 4.68. The standard InChI is InChI=1S/C11H14N2O/c1-11(2)12-9-7-5-4-6-8(9)10(14)13(11)3/h4-7,12H,1-3H3. The summed E-state index contributed by atoms with van der Waals surface area (Å²) >= 11 is 0. The molecule has 0 bridgehead atoms. The number of fused-ring (bicyclic) bond motifs is 1. The van der Waals surface area contributed by atoms with Gasteiger partial charge in [0.25, 0.3) is 5.91 Å². The van der Waals surface area contributed by atoms with E-state index in [1.807, 2.05) is 45.2 Å². The van der Waals surface area contributed by atoms with E-state index in [0.717, 1.165) is 11.3 Å². The number of nitrogens with zero attached hydrogens (tertiary/aromatic N) is 1. The van der Waals surface area contributed by atoms with E-state index in [0.29, 0.717) is 0 Å². The monoisotopic (exact) mass is 190 g/mol. The van der Waals surface area contributed by atoms with Gasteiger partial charge in [-0.15, -0.1) is 0 Å². The maximum absolute atomic E-state index is 11.9. The van der Waals surface area contributed by atoms with Crippen LogP contribution in [0.5, 0.6) is 0 Å². The highest BCUT2D eigenvalue weighted by atomic mass is 16.2. The lowest BCUT2D eigenvalue weighted by Crippen LogP contribution is -2.54. The molecule has 1 amide bonds. The molecule has 0 aliphatic carbocycles. The molecule has 0 radical (unpaired) electrons. The Hall–Kier alpha value is -1.51. The molecule has 3 heteroatoms. The zero-order valence-corrected chi connectivity index (χ0v) is 8.66. The van der Waals surface area contributed by atoms with Gasteiger partial charge in [-0.2, -0.15) is 0 Å². The van der Waals surface area contributed by atoms with Crippen LogP contribution in [0.1, 0.15) is 24.2 Å². The number of para-hydroxylation sites is 1. The maximum atomic E-state index is 11.9. The van der Waals surface area contributed by atoms with E-state index in [-0.39, 0.29) is 11.6 Å². The van der Waals surface area contributed by atoms with Crippen LogP contribution in [0.25, 0.3) is 0 Å². The number of hydrogen-bond acceptors (Lipinski definition) is 2. The van der Waals surface area contributed by atoms with Crippen molar-refractivity contribution in [1.82, 2.24) is 4.90 Å². The minimum absolute atomic E-state index is 0.0735. The lowest BCUT2D eigenvalue weighted by molar-refractivity contribution is 0.0648. The molecule has 0 spiro atoms. The van der Waals surface area contributed by atoms with Crippen LogP contribution in [0, 0.1) is 0 Å². The molecule has 0 saturated carbocycles. The van der Waals surface area contributed by atoms with E-state index in [4.69, 9.17) is 0 Å². The number of nitrogens with one attached hydrogen (secondary N) is 1. The van der Waals surface area contributed by atoms with Crippen molar-refractivity contribution in [3.63, 3.8) is 0 Å². The first kappa shape index (κ1) is 9.06. The van der Waals surface area contributed by atoms with Crippen molar-refractivity contribution in [1.29, 1.82) is 0 Å². The molecule has 2 rings (SSSR count). The SMILES string of the molecule is CN1C(=O)c2ccccc2NC1(C)C. The molecule has 1 aliphatic rings. The van der Waals surface area contributed by atoms with Gasteiger partial charge in [0.05, 0.1) is 5.56 Å². The van der Waals surface area contributed by atoms with E-state index >= 15 is 0 Å². The van der Waals surface area contributed by atoms with E-state index in [1.165, 1.54) is 0 Å². The van der Waals surface area contributed by atoms with Crippen LogP contribution < -0.4 is 5.32 Å². The van der Waals surface area contributed by atoms with Crippen LogP contribution in [-0.2, 0) is 0 Å². The molecule has 0 aromatic heterocycles. The first-order valence-corrected chi connectivity index (χ1v) is 4.68. The lowest BCUT2D eigenvalue weighted by Gasteiger charge is -2.41. The van der Waals surface area contributed by atoms with Gasteiger partial charge in [-0.05, 0) is 26.0 Å². The molecule has 14 heavy (non-hydrogen) atoms. The molecule has 0 fully saturated rings. The van der Waals surface area contributed by atoms with Crippen LogP contribution in [0.3, 0.4) is 0 Å². The van der Waals surface area contributed by atoms with E-state index in [1.54, 1.807) is 4.90 Å². The maximum Gasteiger partial charge on any atom is 0.257 e. The lowest BCUT2D eigenvalue weighted by atomic mass is 10.0. The van der Waals surface area contributed by atoms with E-state index in [9.17, 15) is 4.79 Å². The van der Waals surface area contributed by atoms with Crippen LogP contribution in [0.4, 0.5) is 5.69 Å². The Morgan fingerprint density at radius 3 is 2.64 bits per heavy atom. The van der Waals surface area contributed by atoms with E-state index in [2.05, 4.69) is 5.32 Å². The Kier molecular flexibility index (Phi) is 1.77. The Morgan fingerprint density at radius 2 is 1.93 bits per heavy atom. The summed E-state index contributed by atoms with van der Waals surface area (Å²) in [5.41, 5.74) is 1.35. The fraction of sp³-hybridized carbons (Fsp3) is 0.364. The molecule has 0 unspecified atom stereocenters. The summed E-state index contributed by atoms with van der Waals surface area (Å²) in [7, 11) is 1.81. The normalized spacial score (nSPS) is 18.8. The zero-order chi connectivity index (χ0) is 10.3. The average Bonchev–Trinajstić information content (AvgIpc) is 2.14. The predicted octanol–water partition coefficient (Wildman–Crippen LogP) is 1.92. The van der Waals surface area contributed by atoms with Gasteiger partial charge in [-0.3, -0.25) is 4.79 Å². The highest BCUT2D eigenvalue weighted by Gasteiger charge is 2.34. The quantitative estimate of drug-likeness (QED) is 0.678. The highest BCUT2D eigenvalue weighted by molar-refractivity contribution is 6.01. The number of carbonyl (C=O) groups excluding carboxylic acids is 1. The summed E-state index contributed by atoms with van der Waals surface area (Å²) in [6, 6.07) is 7.59. The molecule has 0 atom stereocenters. The number of hydrogen-bond donors (Lipinski definition) is 1. The summed E-state index contributed by atoms with van der Waals surface area (Å²) in [6.07, 6.45) is 0. The van der Waals surface area contributed by atoms with Crippen molar-refractivity contribution in [2.75, 3.05) is 12.4 Å². The van der Waals surface area contributed by atoms with Gasteiger partial charge >= 0.3 is 0 Å². The number of amides is 1. The Bertz CT molecular complexity index is 385. The molecule has 1 aromatic carbocycles. The third kappa shape index (κ3) is 1.16. The largest absolute Gasteiger partial charge is 0.362 e. The summed E-state index contributed by atoms with van der Waals surface area (Å²) in [4.78, 5) is 13.6. The summed E-state index contributed by atoms with van der Waals surface area (Å²) in [6.45, 7) is 3.97. The second kappa shape index (κ2) is 2.74. The van der Waals surface area contributed by atoms with Gasteiger partial charge in [0.15, 0.2) is 0 Å². The van der Waals surface area contributed by atoms with Gasteiger partial charge < -0.3 is 10.2 Å². The van der Waals surface area contributed by atoms with Crippen molar-refractivity contribution in [2.45, 2.75) is 19.5 Å². The van der Waals surface area contributed by atoms with Gasteiger partial charge in [-0.25, -0.2) is 0 Å². The Morgan fingerprint density at radius 1 is 1.29 bits per heavy atom. The minimum atomic E-state index is -0.314. The number of carbonyl (C=O) groups is 1. The molecular weight excluding hydrogens is 176 g/mol. The van der Waals surface area contributed by atoms with Crippen LogP contribution >= 0.6 is 0 Å². The summed E-state index contributed by atoms with van der Waals surface area (Å²) in [5.74, 6) is 0.0735. The van der Waals surface area contributed by atoms with Crippen molar-refractivity contribution in [3.05, 3.63) is 29.8 Å². The molecule has 1 heterocycles. The topological polar surface area (TPSA) is 32.3 Å². The minimum Gasteiger partial charge on any atom is -0.362 e. The third-order valence-corrected chi connectivity index (χ3v) is 2.74. The molecule has 1 aromatic rings. The Balaban J connectivity index is 2.54. The van der Waals surface area contributed by atoms with Gasteiger partial charge in [0, 0.05) is 12.7 Å². The molecular formula is C11H14N2O. The molecule has 3 nitrogen and oxygen atoms in total. The van der Waals surface area contributed by atoms with Crippen molar-refractivity contribution >= 4 is 11.6 Å². The zero-order valence-electron chi connectivity index (χ0n) is 8.66. The second-order valence-corrected chi connectivity index (χ2v) is 4.09. The van der Waals surface area contributed by atoms with E-state index < -0.39 is 0 Å². The number of rotatable bonds is 0.